The summed E-state index contributed by atoms with van der Waals surface area (Å²) < 4.78 is 35.8. The molecule has 1 aliphatic heterocycles. The fourth-order valence-electron chi connectivity index (χ4n) is 1.74. The molecule has 2 heterocycles. The Kier molecular flexibility index (Phi) is 3.00. The van der Waals surface area contributed by atoms with E-state index in [-0.39, 0.29) is 11.6 Å². The van der Waals surface area contributed by atoms with E-state index in [2.05, 4.69) is 5.16 Å². The van der Waals surface area contributed by atoms with Crippen molar-refractivity contribution in [2.45, 2.75) is 25.2 Å². The van der Waals surface area contributed by atoms with Gasteiger partial charge in [-0.15, -0.1) is 0 Å². The van der Waals surface area contributed by atoms with E-state index in [1.54, 1.807) is 13.8 Å². The molecule has 0 radical (unpaired) electrons. The Morgan fingerprint density at radius 3 is 2.62 bits per heavy atom. The molecular formula is C9H14N2O4S. The van der Waals surface area contributed by atoms with Crippen molar-refractivity contribution in [2.24, 2.45) is 0 Å². The Morgan fingerprint density at radius 1 is 1.38 bits per heavy atom. The minimum atomic E-state index is -3.53. The van der Waals surface area contributed by atoms with Crippen LogP contribution in [0.3, 0.4) is 0 Å². The summed E-state index contributed by atoms with van der Waals surface area (Å²) in [5, 5.41) is 3.66. The summed E-state index contributed by atoms with van der Waals surface area (Å²) in [6, 6.07) is 0. The van der Waals surface area contributed by atoms with Gasteiger partial charge in [-0.3, -0.25) is 0 Å². The first-order valence-electron chi connectivity index (χ1n) is 5.04. The second-order valence-electron chi connectivity index (χ2n) is 3.72. The monoisotopic (exact) mass is 246 g/mol. The Labute approximate surface area is 94.2 Å². The second kappa shape index (κ2) is 4.15. The van der Waals surface area contributed by atoms with Gasteiger partial charge in [-0.1, -0.05) is 5.16 Å². The molecule has 0 N–H and O–H groups in total. The fourth-order valence-corrected chi connectivity index (χ4v) is 3.39. The van der Waals surface area contributed by atoms with E-state index in [9.17, 15) is 8.42 Å². The van der Waals surface area contributed by atoms with Crippen molar-refractivity contribution in [1.82, 2.24) is 9.46 Å². The molecular weight excluding hydrogens is 232 g/mol. The number of sulfonamides is 1. The smallest absolute Gasteiger partial charge is 0.250 e. The molecule has 0 aromatic carbocycles. The average molecular weight is 246 g/mol. The second-order valence-corrected chi connectivity index (χ2v) is 5.60. The van der Waals surface area contributed by atoms with Crippen molar-refractivity contribution in [3.8, 4) is 0 Å². The van der Waals surface area contributed by atoms with Gasteiger partial charge in [0.2, 0.25) is 10.0 Å². The third kappa shape index (κ3) is 1.85. The Hall–Kier alpha value is -0.920. The van der Waals surface area contributed by atoms with Gasteiger partial charge in [0.1, 0.15) is 17.3 Å². The van der Waals surface area contributed by atoms with Crippen LogP contribution in [0.25, 0.3) is 0 Å². The third-order valence-electron chi connectivity index (χ3n) is 2.50. The van der Waals surface area contributed by atoms with Gasteiger partial charge in [0.05, 0.1) is 0 Å². The molecule has 0 amide bonds. The zero-order chi connectivity index (χ0) is 11.8. The number of nitrogens with zero attached hydrogens (tertiary/aromatic N) is 2. The zero-order valence-corrected chi connectivity index (χ0v) is 10.1. The summed E-state index contributed by atoms with van der Waals surface area (Å²) in [4.78, 5) is 0.165. The highest BCUT2D eigenvalue weighted by Crippen LogP contribution is 2.24. The minimum Gasteiger partial charge on any atom is -0.365 e. The molecule has 1 saturated heterocycles. The molecule has 1 aromatic rings. The van der Waals surface area contributed by atoms with Gasteiger partial charge in [0, 0.05) is 13.2 Å². The third-order valence-corrected chi connectivity index (χ3v) is 4.56. The van der Waals surface area contributed by atoms with Crippen LogP contribution in [0.15, 0.2) is 9.42 Å². The number of rotatable bonds is 2. The zero-order valence-electron chi connectivity index (χ0n) is 9.26. The highest BCUT2D eigenvalue weighted by Gasteiger charge is 2.31. The first-order chi connectivity index (χ1) is 7.53. The van der Waals surface area contributed by atoms with Gasteiger partial charge in [0.25, 0.3) is 0 Å². The van der Waals surface area contributed by atoms with Gasteiger partial charge in [-0.05, 0) is 20.3 Å². The van der Waals surface area contributed by atoms with Crippen molar-refractivity contribution in [3.63, 3.8) is 0 Å². The van der Waals surface area contributed by atoms with Crippen LogP contribution in [0.2, 0.25) is 0 Å². The van der Waals surface area contributed by atoms with Gasteiger partial charge in [-0.25, -0.2) is 8.42 Å². The molecule has 0 spiro atoms. The summed E-state index contributed by atoms with van der Waals surface area (Å²) in [7, 11) is -3.53. The van der Waals surface area contributed by atoms with Crippen LogP contribution in [0, 0.1) is 13.8 Å². The molecule has 1 aliphatic rings. The molecule has 7 heteroatoms. The lowest BCUT2D eigenvalue weighted by atomic mass is 10.4. The molecule has 1 aromatic heterocycles. The maximum atomic E-state index is 12.2. The standard InChI is InChI=1S/C9H14N2O4S/c1-7-9(8(2)15-10-7)16(12,13)11-4-3-5-14-6-11/h3-6H2,1-2H3. The number of aromatic nitrogens is 1. The van der Waals surface area contributed by atoms with Crippen LogP contribution in [0.4, 0.5) is 0 Å². The Morgan fingerprint density at radius 2 is 2.12 bits per heavy atom. The van der Waals surface area contributed by atoms with Gasteiger partial charge in [-0.2, -0.15) is 4.31 Å². The highest BCUT2D eigenvalue weighted by molar-refractivity contribution is 7.89. The summed E-state index contributed by atoms with van der Waals surface area (Å²) in [5.74, 6) is 0.322. The molecule has 2 rings (SSSR count). The van der Waals surface area contributed by atoms with Crippen LogP contribution in [0.1, 0.15) is 17.9 Å². The highest BCUT2D eigenvalue weighted by atomic mass is 32.2. The summed E-state index contributed by atoms with van der Waals surface area (Å²) in [6.45, 7) is 4.40. The predicted octanol–water partition coefficient (Wildman–Crippen LogP) is 0.660. The van der Waals surface area contributed by atoms with E-state index in [0.717, 1.165) is 0 Å². The average Bonchev–Trinajstić information content (AvgIpc) is 2.60. The summed E-state index contributed by atoms with van der Waals surface area (Å²) in [6.07, 6.45) is 0.711. The number of hydrogen-bond donors (Lipinski definition) is 0. The van der Waals surface area contributed by atoms with Crippen molar-refractivity contribution in [2.75, 3.05) is 19.9 Å². The molecule has 0 aliphatic carbocycles. The van der Waals surface area contributed by atoms with Gasteiger partial charge in [0.15, 0.2) is 5.76 Å². The SMILES string of the molecule is Cc1noc(C)c1S(=O)(=O)N1CCCOC1. The molecule has 16 heavy (non-hydrogen) atoms. The van der Waals surface area contributed by atoms with E-state index < -0.39 is 10.0 Å². The number of ether oxygens (including phenoxy) is 1. The van der Waals surface area contributed by atoms with Gasteiger partial charge < -0.3 is 9.26 Å². The normalized spacial score (nSPS) is 18.9. The minimum absolute atomic E-state index is 0.104. The van der Waals surface area contributed by atoms with Crippen molar-refractivity contribution in [3.05, 3.63) is 11.5 Å². The van der Waals surface area contributed by atoms with E-state index in [0.29, 0.717) is 31.0 Å². The lowest BCUT2D eigenvalue weighted by molar-refractivity contribution is 0.0312. The van der Waals surface area contributed by atoms with Crippen LogP contribution in [-0.4, -0.2) is 37.8 Å². The molecule has 0 saturated carbocycles. The Balaban J connectivity index is 2.38. The topological polar surface area (TPSA) is 72.6 Å². The number of aryl methyl sites for hydroxylation is 2. The lowest BCUT2D eigenvalue weighted by Crippen LogP contribution is -2.38. The molecule has 1 fully saturated rings. The van der Waals surface area contributed by atoms with Crippen molar-refractivity contribution >= 4 is 10.0 Å². The maximum Gasteiger partial charge on any atom is 0.250 e. The fraction of sp³-hybridized carbons (Fsp3) is 0.667. The van der Waals surface area contributed by atoms with Crippen LogP contribution in [0.5, 0.6) is 0 Å². The lowest BCUT2D eigenvalue weighted by Gasteiger charge is -2.25. The number of hydrogen-bond acceptors (Lipinski definition) is 5. The molecule has 0 bridgehead atoms. The van der Waals surface area contributed by atoms with E-state index in [1.807, 2.05) is 0 Å². The molecule has 6 nitrogen and oxygen atoms in total. The summed E-state index contributed by atoms with van der Waals surface area (Å²) >= 11 is 0. The maximum absolute atomic E-state index is 12.2. The van der Waals surface area contributed by atoms with E-state index in [1.165, 1.54) is 4.31 Å². The molecule has 0 atom stereocenters. The quantitative estimate of drug-likeness (QED) is 0.766. The van der Waals surface area contributed by atoms with Gasteiger partial charge >= 0.3 is 0 Å². The van der Waals surface area contributed by atoms with Crippen molar-refractivity contribution < 1.29 is 17.7 Å². The Bertz CT molecular complexity index is 454. The van der Waals surface area contributed by atoms with E-state index >= 15 is 0 Å². The first-order valence-corrected chi connectivity index (χ1v) is 6.48. The largest absolute Gasteiger partial charge is 0.365 e. The van der Waals surface area contributed by atoms with E-state index in [4.69, 9.17) is 9.26 Å². The predicted molar refractivity (Wildman–Crippen MR) is 55.3 cm³/mol. The van der Waals surface area contributed by atoms with Crippen LogP contribution < -0.4 is 0 Å². The molecule has 0 unspecified atom stereocenters. The first kappa shape index (κ1) is 11.6. The van der Waals surface area contributed by atoms with Crippen LogP contribution >= 0.6 is 0 Å². The molecule has 90 valence electrons. The van der Waals surface area contributed by atoms with Crippen molar-refractivity contribution in [1.29, 1.82) is 0 Å². The van der Waals surface area contributed by atoms with Crippen LogP contribution in [-0.2, 0) is 14.8 Å². The summed E-state index contributed by atoms with van der Waals surface area (Å²) in [5.41, 5.74) is 0.392.